The zero-order valence-corrected chi connectivity index (χ0v) is 9.96. The molecule has 1 saturated carbocycles. The Kier molecular flexibility index (Phi) is 2.74. The standard InChI is InChI=1S/C15H14O3/c16-14-11-7-4-8-13(11)18-15(17)12(14)9-10-5-2-1-3-6-10/h1-3,5-6,9,11,13H,4,7-8H2/b12-9-. The lowest BCUT2D eigenvalue weighted by Gasteiger charge is -2.25. The molecule has 2 unspecified atom stereocenters. The van der Waals surface area contributed by atoms with Gasteiger partial charge >= 0.3 is 5.97 Å². The van der Waals surface area contributed by atoms with Crippen molar-refractivity contribution in [1.29, 1.82) is 0 Å². The minimum atomic E-state index is -0.466. The molecule has 2 aliphatic rings. The summed E-state index contributed by atoms with van der Waals surface area (Å²) in [5, 5.41) is 0. The highest BCUT2D eigenvalue weighted by atomic mass is 16.5. The van der Waals surface area contributed by atoms with E-state index in [1.165, 1.54) is 0 Å². The van der Waals surface area contributed by atoms with Crippen LogP contribution in [-0.4, -0.2) is 17.9 Å². The van der Waals surface area contributed by atoms with Crippen molar-refractivity contribution in [3.63, 3.8) is 0 Å². The molecular weight excluding hydrogens is 228 g/mol. The van der Waals surface area contributed by atoms with E-state index in [-0.39, 0.29) is 23.4 Å². The van der Waals surface area contributed by atoms with Gasteiger partial charge in [0.2, 0.25) is 0 Å². The maximum absolute atomic E-state index is 12.3. The van der Waals surface area contributed by atoms with E-state index in [1.807, 2.05) is 30.3 Å². The van der Waals surface area contributed by atoms with Crippen LogP contribution in [0.2, 0.25) is 0 Å². The second-order valence-electron chi connectivity index (χ2n) is 4.81. The predicted octanol–water partition coefficient (Wildman–Crippen LogP) is 2.36. The average molecular weight is 242 g/mol. The zero-order valence-electron chi connectivity index (χ0n) is 9.96. The van der Waals surface area contributed by atoms with Crippen LogP contribution in [0.5, 0.6) is 0 Å². The summed E-state index contributed by atoms with van der Waals surface area (Å²) >= 11 is 0. The Bertz CT molecular complexity index is 516. The fourth-order valence-electron chi connectivity index (χ4n) is 2.71. The molecule has 0 spiro atoms. The second kappa shape index (κ2) is 4.41. The monoisotopic (exact) mass is 242 g/mol. The van der Waals surface area contributed by atoms with Crippen molar-refractivity contribution in [2.75, 3.05) is 0 Å². The molecule has 3 nitrogen and oxygen atoms in total. The first-order valence-corrected chi connectivity index (χ1v) is 6.27. The molecule has 0 N–H and O–H groups in total. The van der Waals surface area contributed by atoms with Crippen LogP contribution >= 0.6 is 0 Å². The number of Topliss-reactive ketones (excluding diaryl/α,β-unsaturated/α-hetero) is 1. The molecule has 92 valence electrons. The molecule has 2 fully saturated rings. The Morgan fingerprint density at radius 2 is 1.89 bits per heavy atom. The van der Waals surface area contributed by atoms with Crippen molar-refractivity contribution in [3.05, 3.63) is 41.5 Å². The summed E-state index contributed by atoms with van der Waals surface area (Å²) in [5.74, 6) is -0.623. The number of carbonyl (C=O) groups is 2. The molecule has 1 aromatic carbocycles. The molecule has 0 bridgehead atoms. The third-order valence-electron chi connectivity index (χ3n) is 3.64. The van der Waals surface area contributed by atoms with Gasteiger partial charge in [0.15, 0.2) is 5.78 Å². The predicted molar refractivity (Wildman–Crippen MR) is 66.6 cm³/mol. The van der Waals surface area contributed by atoms with E-state index in [1.54, 1.807) is 6.08 Å². The van der Waals surface area contributed by atoms with Crippen LogP contribution in [0.3, 0.4) is 0 Å². The van der Waals surface area contributed by atoms with Crippen LogP contribution in [0.15, 0.2) is 35.9 Å². The van der Waals surface area contributed by atoms with E-state index < -0.39 is 5.97 Å². The van der Waals surface area contributed by atoms with Crippen molar-refractivity contribution in [2.45, 2.75) is 25.4 Å². The number of ketones is 1. The Balaban J connectivity index is 1.94. The number of rotatable bonds is 1. The number of benzene rings is 1. The zero-order chi connectivity index (χ0) is 12.5. The van der Waals surface area contributed by atoms with Crippen LogP contribution in [0, 0.1) is 5.92 Å². The largest absolute Gasteiger partial charge is 0.458 e. The second-order valence-corrected chi connectivity index (χ2v) is 4.81. The maximum atomic E-state index is 12.3. The van der Waals surface area contributed by atoms with Crippen molar-refractivity contribution < 1.29 is 14.3 Å². The summed E-state index contributed by atoms with van der Waals surface area (Å²) in [5.41, 5.74) is 1.05. The lowest BCUT2D eigenvalue weighted by atomic mass is 9.90. The minimum Gasteiger partial charge on any atom is -0.458 e. The van der Waals surface area contributed by atoms with Crippen molar-refractivity contribution in [1.82, 2.24) is 0 Å². The highest BCUT2D eigenvalue weighted by Crippen LogP contribution is 2.35. The van der Waals surface area contributed by atoms with Gasteiger partial charge in [0.1, 0.15) is 11.7 Å². The third-order valence-corrected chi connectivity index (χ3v) is 3.64. The van der Waals surface area contributed by atoms with Gasteiger partial charge in [-0.25, -0.2) is 4.79 Å². The molecule has 0 aromatic heterocycles. The van der Waals surface area contributed by atoms with E-state index in [4.69, 9.17) is 4.74 Å². The molecule has 2 atom stereocenters. The molecule has 0 amide bonds. The fraction of sp³-hybridized carbons (Fsp3) is 0.333. The van der Waals surface area contributed by atoms with E-state index in [2.05, 4.69) is 0 Å². The van der Waals surface area contributed by atoms with Gasteiger partial charge < -0.3 is 4.74 Å². The number of hydrogen-bond acceptors (Lipinski definition) is 3. The first-order chi connectivity index (χ1) is 8.75. The van der Waals surface area contributed by atoms with Crippen LogP contribution < -0.4 is 0 Å². The summed E-state index contributed by atoms with van der Waals surface area (Å²) in [7, 11) is 0. The normalized spacial score (nSPS) is 29.2. The summed E-state index contributed by atoms with van der Waals surface area (Å²) in [6, 6.07) is 9.39. The lowest BCUT2D eigenvalue weighted by molar-refractivity contribution is -0.153. The Morgan fingerprint density at radius 1 is 1.11 bits per heavy atom. The quantitative estimate of drug-likeness (QED) is 0.431. The Labute approximate surface area is 105 Å². The van der Waals surface area contributed by atoms with Gasteiger partial charge in [0.05, 0.1) is 5.92 Å². The van der Waals surface area contributed by atoms with Gasteiger partial charge in [0.25, 0.3) is 0 Å². The highest BCUT2D eigenvalue weighted by molar-refractivity contribution is 6.22. The highest BCUT2D eigenvalue weighted by Gasteiger charge is 2.43. The fourth-order valence-corrected chi connectivity index (χ4v) is 2.71. The molecule has 1 aromatic rings. The molecule has 1 heterocycles. The summed E-state index contributed by atoms with van der Waals surface area (Å²) in [6.07, 6.45) is 4.08. The van der Waals surface area contributed by atoms with E-state index in [0.717, 1.165) is 24.8 Å². The minimum absolute atomic E-state index is 0.0439. The molecular formula is C15H14O3. The van der Waals surface area contributed by atoms with E-state index in [0.29, 0.717) is 0 Å². The lowest BCUT2D eigenvalue weighted by Crippen LogP contribution is -2.37. The smallest absolute Gasteiger partial charge is 0.342 e. The SMILES string of the molecule is O=C1OC2CCCC2C(=O)/C1=C/c1ccccc1. The molecule has 3 heteroatoms. The molecule has 0 radical (unpaired) electrons. The van der Waals surface area contributed by atoms with Gasteiger partial charge in [-0.1, -0.05) is 30.3 Å². The van der Waals surface area contributed by atoms with Crippen LogP contribution in [-0.2, 0) is 14.3 Å². The third kappa shape index (κ3) is 1.86. The number of ether oxygens (including phenoxy) is 1. The van der Waals surface area contributed by atoms with E-state index in [9.17, 15) is 9.59 Å². The molecule has 18 heavy (non-hydrogen) atoms. The Morgan fingerprint density at radius 3 is 2.67 bits per heavy atom. The van der Waals surface area contributed by atoms with Crippen LogP contribution in [0.25, 0.3) is 6.08 Å². The van der Waals surface area contributed by atoms with Crippen LogP contribution in [0.1, 0.15) is 24.8 Å². The average Bonchev–Trinajstić information content (AvgIpc) is 2.84. The molecule has 1 aliphatic heterocycles. The molecule has 1 saturated heterocycles. The topological polar surface area (TPSA) is 43.4 Å². The van der Waals surface area contributed by atoms with Gasteiger partial charge in [-0.3, -0.25) is 4.79 Å². The number of carbonyl (C=O) groups excluding carboxylic acids is 2. The van der Waals surface area contributed by atoms with Crippen molar-refractivity contribution in [2.24, 2.45) is 5.92 Å². The van der Waals surface area contributed by atoms with Crippen molar-refractivity contribution in [3.8, 4) is 0 Å². The van der Waals surface area contributed by atoms with Gasteiger partial charge in [-0.2, -0.15) is 0 Å². The van der Waals surface area contributed by atoms with Crippen molar-refractivity contribution >= 4 is 17.8 Å². The van der Waals surface area contributed by atoms with Gasteiger partial charge in [0, 0.05) is 0 Å². The van der Waals surface area contributed by atoms with Gasteiger partial charge in [-0.05, 0) is 30.9 Å². The number of esters is 1. The first kappa shape index (κ1) is 11.2. The van der Waals surface area contributed by atoms with E-state index >= 15 is 0 Å². The first-order valence-electron chi connectivity index (χ1n) is 6.27. The maximum Gasteiger partial charge on any atom is 0.342 e. The number of hydrogen-bond donors (Lipinski definition) is 0. The van der Waals surface area contributed by atoms with Gasteiger partial charge in [-0.15, -0.1) is 0 Å². The summed E-state index contributed by atoms with van der Waals surface area (Å²) in [6.45, 7) is 0. The molecule has 1 aliphatic carbocycles. The molecule has 3 rings (SSSR count). The van der Waals surface area contributed by atoms with Crippen LogP contribution in [0.4, 0.5) is 0 Å². The number of fused-ring (bicyclic) bond motifs is 1. The summed E-state index contributed by atoms with van der Waals surface area (Å²) in [4.78, 5) is 24.1. The Hall–Kier alpha value is -1.90. The summed E-state index contributed by atoms with van der Waals surface area (Å²) < 4.78 is 5.34.